The Morgan fingerprint density at radius 2 is 1.76 bits per heavy atom. The van der Waals surface area contributed by atoms with E-state index in [2.05, 4.69) is 70.8 Å². The molecule has 1 aliphatic heterocycles. The molecule has 0 saturated carbocycles. The highest BCUT2D eigenvalue weighted by molar-refractivity contribution is 7.98. The van der Waals surface area contributed by atoms with Crippen molar-refractivity contribution in [3.05, 3.63) is 87.8 Å². The number of fused-ring (bicyclic) bond motifs is 1. The molecule has 3 nitrogen and oxygen atoms in total. The van der Waals surface area contributed by atoms with Gasteiger partial charge in [0.25, 0.3) is 0 Å². The minimum Gasteiger partial charge on any atom is -0.372 e. The molecule has 1 aliphatic carbocycles. The second-order valence-electron chi connectivity index (χ2n) is 7.46. The summed E-state index contributed by atoms with van der Waals surface area (Å²) in [7, 11) is 0. The van der Waals surface area contributed by atoms with Crippen LogP contribution in [0.3, 0.4) is 0 Å². The van der Waals surface area contributed by atoms with Crippen LogP contribution in [0, 0.1) is 0 Å². The smallest absolute Gasteiger partial charge is 0.163 e. The predicted molar refractivity (Wildman–Crippen MR) is 123 cm³/mol. The Morgan fingerprint density at radius 3 is 2.48 bits per heavy atom. The number of nitrogens with one attached hydrogen (secondary N) is 2. The predicted octanol–water partition coefficient (Wildman–Crippen LogP) is 6.45. The maximum Gasteiger partial charge on any atom is 0.163 e. The molecule has 146 valence electrons. The maximum absolute atomic E-state index is 13.4. The summed E-state index contributed by atoms with van der Waals surface area (Å²) in [4.78, 5) is 15.9. The van der Waals surface area contributed by atoms with Gasteiger partial charge < -0.3 is 10.6 Å². The summed E-state index contributed by atoms with van der Waals surface area (Å²) in [6.07, 6.45) is 3.50. The average Bonchev–Trinajstić information content (AvgIpc) is 3.23. The van der Waals surface area contributed by atoms with E-state index in [9.17, 15) is 4.79 Å². The summed E-state index contributed by atoms with van der Waals surface area (Å²) in [6.45, 7) is 0. The molecule has 0 saturated heterocycles. The first-order valence-electron chi connectivity index (χ1n) is 9.79. The highest BCUT2D eigenvalue weighted by Gasteiger charge is 2.36. The topological polar surface area (TPSA) is 41.1 Å². The van der Waals surface area contributed by atoms with Crippen molar-refractivity contribution < 1.29 is 4.79 Å². The molecule has 0 bridgehead atoms. The highest BCUT2D eigenvalue weighted by atomic mass is 32.2. The van der Waals surface area contributed by atoms with Gasteiger partial charge in [0.2, 0.25) is 0 Å². The second-order valence-corrected chi connectivity index (χ2v) is 9.32. The first-order chi connectivity index (χ1) is 14.2. The summed E-state index contributed by atoms with van der Waals surface area (Å²) in [5.41, 5.74) is 5.11. The SMILES string of the molecule is CSc1ccc([C@@H]2Nc3ccccc3NC3=C2C(=O)C[C@H](c2cccs2)C3)cc1. The Labute approximate surface area is 179 Å². The van der Waals surface area contributed by atoms with E-state index in [1.54, 1.807) is 23.1 Å². The first kappa shape index (κ1) is 18.5. The van der Waals surface area contributed by atoms with Gasteiger partial charge in [-0.05, 0) is 54.0 Å². The number of anilines is 2. The van der Waals surface area contributed by atoms with Crippen LogP contribution in [0.5, 0.6) is 0 Å². The summed E-state index contributed by atoms with van der Waals surface area (Å²) < 4.78 is 0. The molecule has 1 aromatic heterocycles. The van der Waals surface area contributed by atoms with Gasteiger partial charge in [0.15, 0.2) is 5.78 Å². The Balaban J connectivity index is 1.60. The van der Waals surface area contributed by atoms with Crippen molar-refractivity contribution in [2.24, 2.45) is 0 Å². The molecule has 0 unspecified atom stereocenters. The Morgan fingerprint density at radius 1 is 0.966 bits per heavy atom. The Hall–Kier alpha value is -2.50. The van der Waals surface area contributed by atoms with Crippen molar-refractivity contribution >= 4 is 40.3 Å². The lowest BCUT2D eigenvalue weighted by molar-refractivity contribution is -0.116. The van der Waals surface area contributed by atoms with Gasteiger partial charge in [0, 0.05) is 33.4 Å². The van der Waals surface area contributed by atoms with E-state index in [0.29, 0.717) is 6.42 Å². The third kappa shape index (κ3) is 3.49. The molecule has 0 spiro atoms. The fourth-order valence-corrected chi connectivity index (χ4v) is 5.50. The van der Waals surface area contributed by atoms with E-state index in [4.69, 9.17) is 0 Å². The normalized spacial score (nSPS) is 20.9. The Kier molecular flexibility index (Phi) is 4.94. The third-order valence-electron chi connectivity index (χ3n) is 5.70. The van der Waals surface area contributed by atoms with Crippen LogP contribution in [0.2, 0.25) is 0 Å². The first-order valence-corrected chi connectivity index (χ1v) is 11.9. The second kappa shape index (κ2) is 7.73. The van der Waals surface area contributed by atoms with E-state index >= 15 is 0 Å². The molecule has 2 heterocycles. The largest absolute Gasteiger partial charge is 0.372 e. The molecule has 5 heteroatoms. The average molecular weight is 419 g/mol. The number of benzene rings is 2. The summed E-state index contributed by atoms with van der Waals surface area (Å²) in [5, 5.41) is 9.34. The van der Waals surface area contributed by atoms with Crippen LogP contribution in [-0.4, -0.2) is 12.0 Å². The van der Waals surface area contributed by atoms with E-state index in [1.807, 2.05) is 12.1 Å². The number of para-hydroxylation sites is 2. The molecule has 2 atom stereocenters. The number of rotatable bonds is 3. The lowest BCUT2D eigenvalue weighted by atomic mass is 9.81. The number of hydrogen-bond donors (Lipinski definition) is 2. The molecule has 2 N–H and O–H groups in total. The molecule has 2 aliphatic rings. The zero-order valence-corrected chi connectivity index (χ0v) is 17.8. The minimum absolute atomic E-state index is 0.145. The maximum atomic E-state index is 13.4. The van der Waals surface area contributed by atoms with Crippen LogP contribution in [0.1, 0.15) is 35.2 Å². The standard InChI is InChI=1S/C24H22N2OS2/c1-28-17-10-8-15(9-11-17)24-23-20(25-18-5-2-3-6-19(18)26-24)13-16(14-21(23)27)22-7-4-12-29-22/h2-12,16,24-26H,13-14H2,1H3/t16-,24+/m1/s1. The number of allylic oxidation sites excluding steroid dienone is 1. The molecule has 0 radical (unpaired) electrons. The third-order valence-corrected chi connectivity index (χ3v) is 7.48. The van der Waals surface area contributed by atoms with Crippen LogP contribution in [0.15, 0.2) is 82.2 Å². The van der Waals surface area contributed by atoms with Crippen molar-refractivity contribution in [3.63, 3.8) is 0 Å². The van der Waals surface area contributed by atoms with Gasteiger partial charge in [-0.3, -0.25) is 4.79 Å². The van der Waals surface area contributed by atoms with Crippen LogP contribution in [0.4, 0.5) is 11.4 Å². The van der Waals surface area contributed by atoms with Crippen molar-refractivity contribution in [1.82, 2.24) is 0 Å². The molecule has 3 aromatic rings. The number of thiophene rings is 1. The zero-order chi connectivity index (χ0) is 19.8. The van der Waals surface area contributed by atoms with Crippen molar-refractivity contribution in [2.45, 2.75) is 29.7 Å². The van der Waals surface area contributed by atoms with E-state index < -0.39 is 0 Å². The van der Waals surface area contributed by atoms with Gasteiger partial charge in [-0.25, -0.2) is 0 Å². The summed E-state index contributed by atoms with van der Waals surface area (Å²) in [5.74, 6) is 0.481. The molecule has 2 aromatic carbocycles. The lowest BCUT2D eigenvalue weighted by Gasteiger charge is -2.29. The van der Waals surface area contributed by atoms with Gasteiger partial charge in [-0.1, -0.05) is 30.3 Å². The van der Waals surface area contributed by atoms with Crippen molar-refractivity contribution in [1.29, 1.82) is 0 Å². The number of carbonyl (C=O) groups excluding carboxylic acids is 1. The fourth-order valence-electron chi connectivity index (χ4n) is 4.26. The van der Waals surface area contributed by atoms with Gasteiger partial charge in [-0.2, -0.15) is 0 Å². The van der Waals surface area contributed by atoms with Crippen molar-refractivity contribution in [2.75, 3.05) is 16.9 Å². The number of Topliss-reactive ketones (excluding diaryl/α,β-unsaturated/α-hetero) is 1. The summed E-state index contributed by atoms with van der Waals surface area (Å²) >= 11 is 3.47. The van der Waals surface area contributed by atoms with Gasteiger partial charge in [-0.15, -0.1) is 23.1 Å². The van der Waals surface area contributed by atoms with Crippen molar-refractivity contribution in [3.8, 4) is 0 Å². The van der Waals surface area contributed by atoms with Crippen LogP contribution in [-0.2, 0) is 4.79 Å². The van der Waals surface area contributed by atoms with Crippen LogP contribution >= 0.6 is 23.1 Å². The monoisotopic (exact) mass is 418 g/mol. The molecular weight excluding hydrogens is 396 g/mol. The van der Waals surface area contributed by atoms with Crippen LogP contribution in [0.25, 0.3) is 0 Å². The number of carbonyl (C=O) groups is 1. The van der Waals surface area contributed by atoms with Crippen LogP contribution < -0.4 is 10.6 Å². The van der Waals surface area contributed by atoms with E-state index in [0.717, 1.165) is 34.6 Å². The number of ketones is 1. The van der Waals surface area contributed by atoms with E-state index in [-0.39, 0.29) is 17.7 Å². The Bertz CT molecular complexity index is 1070. The van der Waals surface area contributed by atoms with Gasteiger partial charge in [0.1, 0.15) is 0 Å². The molecule has 5 rings (SSSR count). The molecule has 29 heavy (non-hydrogen) atoms. The molecular formula is C24H22N2OS2. The minimum atomic E-state index is -0.145. The number of thioether (sulfide) groups is 1. The lowest BCUT2D eigenvalue weighted by Crippen LogP contribution is -2.26. The fraction of sp³-hybridized carbons (Fsp3) is 0.208. The molecule has 0 fully saturated rings. The highest BCUT2D eigenvalue weighted by Crippen LogP contribution is 2.44. The summed E-state index contributed by atoms with van der Waals surface area (Å²) in [6, 6.07) is 20.8. The molecule has 0 amide bonds. The van der Waals surface area contributed by atoms with Gasteiger partial charge >= 0.3 is 0 Å². The number of hydrogen-bond acceptors (Lipinski definition) is 5. The quantitative estimate of drug-likeness (QED) is 0.480. The zero-order valence-electron chi connectivity index (χ0n) is 16.1. The van der Waals surface area contributed by atoms with E-state index in [1.165, 1.54) is 9.77 Å². The van der Waals surface area contributed by atoms with Gasteiger partial charge in [0.05, 0.1) is 17.4 Å².